The summed E-state index contributed by atoms with van der Waals surface area (Å²) in [6.45, 7) is 1.85. The van der Waals surface area contributed by atoms with Crippen molar-refractivity contribution < 1.29 is 14.3 Å². The van der Waals surface area contributed by atoms with Crippen molar-refractivity contribution in [1.29, 1.82) is 0 Å². The van der Waals surface area contributed by atoms with Gasteiger partial charge < -0.3 is 15.2 Å². The maximum atomic E-state index is 11.6. The van der Waals surface area contributed by atoms with Crippen molar-refractivity contribution in [2.45, 2.75) is 6.92 Å². The van der Waals surface area contributed by atoms with Gasteiger partial charge in [-0.15, -0.1) is 0 Å². The standard InChI is InChI=1S/C11H15NO3/c1-7-4-8(9(13)6-12)11(15-3)10(5-7)14-2/h4-5H,6,12H2,1-3H3. The Balaban J connectivity index is 3.35. The van der Waals surface area contributed by atoms with Crippen LogP contribution in [0, 0.1) is 6.92 Å². The SMILES string of the molecule is COc1cc(C)cc(C(=O)CN)c1OC. The summed E-state index contributed by atoms with van der Waals surface area (Å²) < 4.78 is 10.3. The van der Waals surface area contributed by atoms with E-state index in [1.807, 2.05) is 13.0 Å². The van der Waals surface area contributed by atoms with Crippen LogP contribution in [0.5, 0.6) is 11.5 Å². The van der Waals surface area contributed by atoms with Crippen molar-refractivity contribution in [2.75, 3.05) is 20.8 Å². The Hall–Kier alpha value is -1.55. The Morgan fingerprint density at radius 3 is 2.47 bits per heavy atom. The van der Waals surface area contributed by atoms with Gasteiger partial charge >= 0.3 is 0 Å². The normalized spacial score (nSPS) is 9.87. The molecule has 0 aliphatic carbocycles. The van der Waals surface area contributed by atoms with Crippen LogP contribution < -0.4 is 15.2 Å². The number of aryl methyl sites for hydroxylation is 1. The van der Waals surface area contributed by atoms with Gasteiger partial charge in [-0.3, -0.25) is 4.79 Å². The summed E-state index contributed by atoms with van der Waals surface area (Å²) in [4.78, 5) is 11.6. The monoisotopic (exact) mass is 209 g/mol. The number of hydrogen-bond acceptors (Lipinski definition) is 4. The fraction of sp³-hybridized carbons (Fsp3) is 0.364. The molecule has 0 heterocycles. The predicted octanol–water partition coefficient (Wildman–Crippen LogP) is 1.15. The highest BCUT2D eigenvalue weighted by Gasteiger charge is 2.16. The van der Waals surface area contributed by atoms with E-state index in [-0.39, 0.29) is 12.3 Å². The van der Waals surface area contributed by atoms with Gasteiger partial charge in [-0.25, -0.2) is 0 Å². The first-order valence-electron chi connectivity index (χ1n) is 4.60. The summed E-state index contributed by atoms with van der Waals surface area (Å²) in [5, 5.41) is 0. The van der Waals surface area contributed by atoms with Crippen LogP contribution in [-0.2, 0) is 0 Å². The molecule has 0 bridgehead atoms. The van der Waals surface area contributed by atoms with Crippen LogP contribution in [0.25, 0.3) is 0 Å². The zero-order valence-corrected chi connectivity index (χ0v) is 9.16. The Bertz CT molecular complexity index is 374. The van der Waals surface area contributed by atoms with Crippen LogP contribution >= 0.6 is 0 Å². The van der Waals surface area contributed by atoms with E-state index in [1.165, 1.54) is 14.2 Å². The van der Waals surface area contributed by atoms with Crippen molar-refractivity contribution in [3.8, 4) is 11.5 Å². The molecule has 0 fully saturated rings. The third kappa shape index (κ3) is 2.27. The summed E-state index contributed by atoms with van der Waals surface area (Å²) in [7, 11) is 3.04. The molecule has 0 aliphatic rings. The second-order valence-electron chi connectivity index (χ2n) is 3.18. The van der Waals surface area contributed by atoms with Crippen molar-refractivity contribution in [3.63, 3.8) is 0 Å². The smallest absolute Gasteiger partial charge is 0.180 e. The van der Waals surface area contributed by atoms with Crippen LogP contribution in [0.15, 0.2) is 12.1 Å². The molecule has 2 N–H and O–H groups in total. The van der Waals surface area contributed by atoms with Gasteiger partial charge in [0.05, 0.1) is 26.3 Å². The molecule has 0 aliphatic heterocycles. The fourth-order valence-electron chi connectivity index (χ4n) is 1.42. The van der Waals surface area contributed by atoms with Crippen LogP contribution in [-0.4, -0.2) is 26.5 Å². The molecular formula is C11H15NO3. The van der Waals surface area contributed by atoms with Gasteiger partial charge in [0.15, 0.2) is 17.3 Å². The maximum Gasteiger partial charge on any atom is 0.180 e. The highest BCUT2D eigenvalue weighted by Crippen LogP contribution is 2.32. The lowest BCUT2D eigenvalue weighted by atomic mass is 10.1. The predicted molar refractivity (Wildman–Crippen MR) is 57.7 cm³/mol. The van der Waals surface area contributed by atoms with E-state index in [0.717, 1.165) is 5.56 Å². The van der Waals surface area contributed by atoms with Crippen molar-refractivity contribution >= 4 is 5.78 Å². The summed E-state index contributed by atoms with van der Waals surface area (Å²) in [6.07, 6.45) is 0. The third-order valence-corrected chi connectivity index (χ3v) is 2.11. The minimum Gasteiger partial charge on any atom is -0.493 e. The number of carbonyl (C=O) groups excluding carboxylic acids is 1. The van der Waals surface area contributed by atoms with Gasteiger partial charge in [0, 0.05) is 0 Å². The second-order valence-corrected chi connectivity index (χ2v) is 3.18. The summed E-state index contributed by atoms with van der Waals surface area (Å²) in [5.41, 5.74) is 6.73. The van der Waals surface area contributed by atoms with E-state index in [4.69, 9.17) is 15.2 Å². The first-order chi connectivity index (χ1) is 7.13. The number of hydrogen-bond donors (Lipinski definition) is 1. The number of benzene rings is 1. The Morgan fingerprint density at radius 2 is 2.00 bits per heavy atom. The van der Waals surface area contributed by atoms with Crippen molar-refractivity contribution in [3.05, 3.63) is 23.3 Å². The van der Waals surface area contributed by atoms with E-state index in [9.17, 15) is 4.79 Å². The van der Waals surface area contributed by atoms with E-state index in [2.05, 4.69) is 0 Å². The number of rotatable bonds is 4. The molecule has 1 aromatic rings. The van der Waals surface area contributed by atoms with Crippen LogP contribution in [0.1, 0.15) is 15.9 Å². The topological polar surface area (TPSA) is 61.5 Å². The zero-order chi connectivity index (χ0) is 11.4. The van der Waals surface area contributed by atoms with Crippen molar-refractivity contribution in [1.82, 2.24) is 0 Å². The number of Topliss-reactive ketones (excluding diaryl/α,β-unsaturated/α-hetero) is 1. The lowest BCUT2D eigenvalue weighted by Crippen LogP contribution is -2.15. The Labute approximate surface area is 89.0 Å². The molecule has 0 saturated heterocycles. The lowest BCUT2D eigenvalue weighted by molar-refractivity contribution is 0.0997. The lowest BCUT2D eigenvalue weighted by Gasteiger charge is -2.12. The number of nitrogens with two attached hydrogens (primary N) is 1. The van der Waals surface area contributed by atoms with Gasteiger partial charge in [0.25, 0.3) is 0 Å². The Morgan fingerprint density at radius 1 is 1.33 bits per heavy atom. The Kier molecular flexibility index (Phi) is 3.68. The number of ether oxygens (including phenoxy) is 2. The fourth-order valence-corrected chi connectivity index (χ4v) is 1.42. The molecule has 4 nitrogen and oxygen atoms in total. The van der Waals surface area contributed by atoms with Crippen LogP contribution in [0.2, 0.25) is 0 Å². The van der Waals surface area contributed by atoms with E-state index < -0.39 is 0 Å². The summed E-state index contributed by atoms with van der Waals surface area (Å²) in [5.74, 6) is 0.835. The molecule has 1 aromatic carbocycles. The molecule has 0 amide bonds. The number of carbonyl (C=O) groups is 1. The van der Waals surface area contributed by atoms with Gasteiger partial charge in [-0.1, -0.05) is 0 Å². The highest BCUT2D eigenvalue weighted by molar-refractivity contribution is 6.01. The van der Waals surface area contributed by atoms with Crippen LogP contribution in [0.4, 0.5) is 0 Å². The van der Waals surface area contributed by atoms with Crippen LogP contribution in [0.3, 0.4) is 0 Å². The molecule has 82 valence electrons. The van der Waals surface area contributed by atoms with E-state index in [1.54, 1.807) is 6.07 Å². The maximum absolute atomic E-state index is 11.6. The minimum atomic E-state index is -0.158. The van der Waals surface area contributed by atoms with E-state index >= 15 is 0 Å². The third-order valence-electron chi connectivity index (χ3n) is 2.11. The first-order valence-corrected chi connectivity index (χ1v) is 4.60. The molecule has 15 heavy (non-hydrogen) atoms. The molecule has 0 aromatic heterocycles. The van der Waals surface area contributed by atoms with Gasteiger partial charge in [-0.2, -0.15) is 0 Å². The van der Waals surface area contributed by atoms with Gasteiger partial charge in [-0.05, 0) is 24.6 Å². The first kappa shape index (κ1) is 11.5. The second kappa shape index (κ2) is 4.79. The zero-order valence-electron chi connectivity index (χ0n) is 9.16. The molecule has 1 rings (SSSR count). The average Bonchev–Trinajstić information content (AvgIpc) is 2.26. The molecule has 0 spiro atoms. The molecule has 0 unspecified atom stereocenters. The summed E-state index contributed by atoms with van der Waals surface area (Å²) in [6, 6.07) is 3.56. The summed E-state index contributed by atoms with van der Waals surface area (Å²) >= 11 is 0. The van der Waals surface area contributed by atoms with Gasteiger partial charge in [0.1, 0.15) is 0 Å². The number of ketones is 1. The van der Waals surface area contributed by atoms with Gasteiger partial charge in [0.2, 0.25) is 0 Å². The molecule has 0 saturated carbocycles. The molecular weight excluding hydrogens is 194 g/mol. The molecule has 4 heteroatoms. The van der Waals surface area contributed by atoms with E-state index in [0.29, 0.717) is 17.1 Å². The molecule has 0 radical (unpaired) electrons. The largest absolute Gasteiger partial charge is 0.493 e. The van der Waals surface area contributed by atoms with Crippen molar-refractivity contribution in [2.24, 2.45) is 5.73 Å². The minimum absolute atomic E-state index is 0.0387. The number of methoxy groups -OCH3 is 2. The quantitative estimate of drug-likeness (QED) is 0.756. The average molecular weight is 209 g/mol. The molecule has 0 atom stereocenters. The highest BCUT2D eigenvalue weighted by atomic mass is 16.5.